The van der Waals surface area contributed by atoms with Gasteiger partial charge in [0.2, 0.25) is 0 Å². The van der Waals surface area contributed by atoms with E-state index in [-0.39, 0.29) is 0 Å². The molecule has 1 nitrogen and oxygen atoms in total. The van der Waals surface area contributed by atoms with Crippen molar-refractivity contribution in [2.75, 3.05) is 6.54 Å². The van der Waals surface area contributed by atoms with Crippen molar-refractivity contribution in [2.24, 2.45) is 17.8 Å². The summed E-state index contributed by atoms with van der Waals surface area (Å²) in [6.45, 7) is 10.3. The first-order valence-electron chi connectivity index (χ1n) is 5.10. The lowest BCUT2D eigenvalue weighted by Gasteiger charge is -2.13. The molecule has 1 rings (SSSR count). The molecular weight excluding hydrogens is 146 g/mol. The zero-order chi connectivity index (χ0) is 9.14. The second kappa shape index (κ2) is 3.97. The van der Waals surface area contributed by atoms with Crippen LogP contribution in [-0.4, -0.2) is 6.54 Å². The smallest absolute Gasteiger partial charge is 0.0210 e. The SMILES string of the molecule is CC[C@@H](C)C1C=C(C(C)C)NC1. The average molecular weight is 167 g/mol. The summed E-state index contributed by atoms with van der Waals surface area (Å²) in [5.41, 5.74) is 1.44. The molecule has 1 aliphatic rings. The predicted octanol–water partition coefficient (Wildman–Crippen LogP) is 2.79. The van der Waals surface area contributed by atoms with Gasteiger partial charge >= 0.3 is 0 Å². The first-order valence-corrected chi connectivity index (χ1v) is 5.10. The van der Waals surface area contributed by atoms with Crippen molar-refractivity contribution in [3.05, 3.63) is 11.8 Å². The topological polar surface area (TPSA) is 12.0 Å². The van der Waals surface area contributed by atoms with E-state index in [9.17, 15) is 0 Å². The molecule has 0 saturated heterocycles. The van der Waals surface area contributed by atoms with Crippen LogP contribution in [0.2, 0.25) is 0 Å². The van der Waals surface area contributed by atoms with Crippen LogP contribution < -0.4 is 5.32 Å². The van der Waals surface area contributed by atoms with Gasteiger partial charge in [0, 0.05) is 12.2 Å². The molecule has 1 unspecified atom stereocenters. The quantitative estimate of drug-likeness (QED) is 0.681. The van der Waals surface area contributed by atoms with Crippen molar-refractivity contribution in [2.45, 2.75) is 34.1 Å². The first kappa shape index (κ1) is 9.63. The molecule has 0 fully saturated rings. The fourth-order valence-corrected chi connectivity index (χ4v) is 1.65. The van der Waals surface area contributed by atoms with Crippen molar-refractivity contribution in [1.82, 2.24) is 5.32 Å². The van der Waals surface area contributed by atoms with E-state index in [0.29, 0.717) is 5.92 Å². The first-order chi connectivity index (χ1) is 5.65. The van der Waals surface area contributed by atoms with Crippen LogP contribution in [0.5, 0.6) is 0 Å². The van der Waals surface area contributed by atoms with Gasteiger partial charge in [-0.25, -0.2) is 0 Å². The molecule has 0 saturated carbocycles. The molecule has 0 aromatic heterocycles. The van der Waals surface area contributed by atoms with Gasteiger partial charge < -0.3 is 5.32 Å². The van der Waals surface area contributed by atoms with Gasteiger partial charge in [0.1, 0.15) is 0 Å². The normalized spacial score (nSPS) is 25.4. The fraction of sp³-hybridized carbons (Fsp3) is 0.818. The fourth-order valence-electron chi connectivity index (χ4n) is 1.65. The summed E-state index contributed by atoms with van der Waals surface area (Å²) >= 11 is 0. The molecule has 0 spiro atoms. The van der Waals surface area contributed by atoms with Crippen LogP contribution in [0.4, 0.5) is 0 Å². The second-order valence-electron chi connectivity index (χ2n) is 4.21. The minimum atomic E-state index is 0.666. The summed E-state index contributed by atoms with van der Waals surface area (Å²) in [5, 5.41) is 3.48. The van der Waals surface area contributed by atoms with E-state index in [1.54, 1.807) is 0 Å². The molecule has 70 valence electrons. The van der Waals surface area contributed by atoms with Gasteiger partial charge in [-0.2, -0.15) is 0 Å². The van der Waals surface area contributed by atoms with Crippen LogP contribution in [0.1, 0.15) is 34.1 Å². The summed E-state index contributed by atoms with van der Waals surface area (Å²) in [6, 6.07) is 0. The van der Waals surface area contributed by atoms with Gasteiger partial charge in [-0.15, -0.1) is 0 Å². The molecule has 2 atom stereocenters. The summed E-state index contributed by atoms with van der Waals surface area (Å²) in [7, 11) is 0. The van der Waals surface area contributed by atoms with E-state index in [1.165, 1.54) is 12.1 Å². The Balaban J connectivity index is 2.52. The van der Waals surface area contributed by atoms with Gasteiger partial charge in [0.05, 0.1) is 0 Å². The lowest BCUT2D eigenvalue weighted by Crippen LogP contribution is -2.18. The van der Waals surface area contributed by atoms with Crippen LogP contribution in [-0.2, 0) is 0 Å². The lowest BCUT2D eigenvalue weighted by atomic mass is 9.92. The molecule has 12 heavy (non-hydrogen) atoms. The second-order valence-corrected chi connectivity index (χ2v) is 4.21. The summed E-state index contributed by atoms with van der Waals surface area (Å²) in [6.07, 6.45) is 3.72. The van der Waals surface area contributed by atoms with E-state index < -0.39 is 0 Å². The van der Waals surface area contributed by atoms with Crippen molar-refractivity contribution < 1.29 is 0 Å². The lowest BCUT2D eigenvalue weighted by molar-refractivity contribution is 0.425. The highest BCUT2D eigenvalue weighted by Crippen LogP contribution is 2.24. The van der Waals surface area contributed by atoms with E-state index in [2.05, 4.69) is 39.1 Å². The van der Waals surface area contributed by atoms with E-state index in [1.807, 2.05) is 0 Å². The maximum Gasteiger partial charge on any atom is 0.0210 e. The molecule has 0 bridgehead atoms. The van der Waals surface area contributed by atoms with Gasteiger partial charge in [0.25, 0.3) is 0 Å². The summed E-state index contributed by atoms with van der Waals surface area (Å²) in [5.74, 6) is 2.26. The highest BCUT2D eigenvalue weighted by Gasteiger charge is 2.20. The van der Waals surface area contributed by atoms with Crippen LogP contribution in [0.25, 0.3) is 0 Å². The number of nitrogens with one attached hydrogen (secondary N) is 1. The number of rotatable bonds is 3. The molecule has 1 heterocycles. The standard InChI is InChI=1S/C11H21N/c1-5-9(4)10-6-11(8(2)3)12-7-10/h6,8-10,12H,5,7H2,1-4H3/t9-,10?/m1/s1. The summed E-state index contributed by atoms with van der Waals surface area (Å²) in [4.78, 5) is 0. The Morgan fingerprint density at radius 1 is 1.50 bits per heavy atom. The Morgan fingerprint density at radius 3 is 2.58 bits per heavy atom. The van der Waals surface area contributed by atoms with Gasteiger partial charge in [-0.3, -0.25) is 0 Å². The Hall–Kier alpha value is -0.460. The Labute approximate surface area is 76.2 Å². The molecule has 1 heteroatoms. The zero-order valence-electron chi connectivity index (χ0n) is 8.72. The van der Waals surface area contributed by atoms with E-state index in [0.717, 1.165) is 18.4 Å². The molecule has 0 aliphatic carbocycles. The molecule has 1 aliphatic heterocycles. The third kappa shape index (κ3) is 2.02. The highest BCUT2D eigenvalue weighted by molar-refractivity contribution is 5.12. The van der Waals surface area contributed by atoms with Crippen LogP contribution in [0.15, 0.2) is 11.8 Å². The Bertz CT molecular complexity index is 170. The van der Waals surface area contributed by atoms with E-state index >= 15 is 0 Å². The van der Waals surface area contributed by atoms with Gasteiger partial charge in [0.15, 0.2) is 0 Å². The van der Waals surface area contributed by atoms with Crippen LogP contribution in [0, 0.1) is 17.8 Å². The van der Waals surface area contributed by atoms with Crippen molar-refractivity contribution in [3.8, 4) is 0 Å². The highest BCUT2D eigenvalue weighted by atomic mass is 14.9. The summed E-state index contributed by atoms with van der Waals surface area (Å²) < 4.78 is 0. The predicted molar refractivity (Wildman–Crippen MR) is 53.9 cm³/mol. The minimum Gasteiger partial charge on any atom is -0.388 e. The van der Waals surface area contributed by atoms with Gasteiger partial charge in [-0.1, -0.05) is 40.2 Å². The largest absolute Gasteiger partial charge is 0.388 e. The Kier molecular flexibility index (Phi) is 3.19. The zero-order valence-corrected chi connectivity index (χ0v) is 8.72. The third-order valence-corrected chi connectivity index (χ3v) is 2.93. The van der Waals surface area contributed by atoms with Gasteiger partial charge in [-0.05, 0) is 17.8 Å². The maximum absolute atomic E-state index is 3.48. The van der Waals surface area contributed by atoms with Crippen molar-refractivity contribution in [1.29, 1.82) is 0 Å². The third-order valence-electron chi connectivity index (χ3n) is 2.93. The minimum absolute atomic E-state index is 0.666. The number of hydrogen-bond donors (Lipinski definition) is 1. The Morgan fingerprint density at radius 2 is 2.17 bits per heavy atom. The maximum atomic E-state index is 3.48. The van der Waals surface area contributed by atoms with Crippen LogP contribution in [0.3, 0.4) is 0 Å². The molecule has 0 amide bonds. The van der Waals surface area contributed by atoms with Crippen molar-refractivity contribution >= 4 is 0 Å². The molecule has 0 aromatic rings. The van der Waals surface area contributed by atoms with Crippen molar-refractivity contribution in [3.63, 3.8) is 0 Å². The number of allylic oxidation sites excluding steroid dienone is 1. The van der Waals surface area contributed by atoms with Crippen LogP contribution >= 0.6 is 0 Å². The van der Waals surface area contributed by atoms with E-state index in [4.69, 9.17) is 0 Å². The average Bonchev–Trinajstić information content (AvgIpc) is 2.51. The monoisotopic (exact) mass is 167 g/mol. The molecule has 1 N–H and O–H groups in total. The molecule has 0 aromatic carbocycles. The number of hydrogen-bond acceptors (Lipinski definition) is 1. The molecule has 0 radical (unpaired) electrons. The molecular formula is C11H21N.